The van der Waals surface area contributed by atoms with Crippen LogP contribution in [0.3, 0.4) is 0 Å². The average molecular weight is 350 g/mol. The van der Waals surface area contributed by atoms with Crippen LogP contribution in [0.15, 0.2) is 57.9 Å². The number of anilines is 1. The van der Waals surface area contributed by atoms with Crippen LogP contribution in [0.2, 0.25) is 0 Å². The van der Waals surface area contributed by atoms with Crippen LogP contribution in [0.4, 0.5) is 5.88 Å². The van der Waals surface area contributed by atoms with Crippen LogP contribution in [-0.2, 0) is 13.0 Å². The summed E-state index contributed by atoms with van der Waals surface area (Å²) in [5, 5.41) is 10.7. The highest BCUT2D eigenvalue weighted by molar-refractivity contribution is 5.89. The minimum atomic E-state index is 0.00644. The second kappa shape index (κ2) is 8.45. The number of nitrogens with zero attached hydrogens (tertiary/aromatic N) is 1. The predicted molar refractivity (Wildman–Crippen MR) is 101 cm³/mol. The van der Waals surface area contributed by atoms with E-state index in [0.29, 0.717) is 23.8 Å². The van der Waals surface area contributed by atoms with Crippen molar-refractivity contribution in [2.24, 2.45) is 4.99 Å². The van der Waals surface area contributed by atoms with Crippen molar-refractivity contribution in [2.75, 3.05) is 5.48 Å². The Bertz CT molecular complexity index is 962. The van der Waals surface area contributed by atoms with Crippen molar-refractivity contribution < 1.29 is 14.4 Å². The molecule has 0 saturated heterocycles. The third-order valence-corrected chi connectivity index (χ3v) is 4.31. The SMILES string of the molecule is CCCCc1ccc2c(=NCc3ccccc3)c(C=O)c(NO)oc2c1. The summed E-state index contributed by atoms with van der Waals surface area (Å²) in [6.07, 6.45) is 3.81. The molecule has 0 saturated carbocycles. The van der Waals surface area contributed by atoms with Gasteiger partial charge in [0.1, 0.15) is 11.1 Å². The third-order valence-electron chi connectivity index (χ3n) is 4.31. The highest BCUT2D eigenvalue weighted by Crippen LogP contribution is 2.21. The highest BCUT2D eigenvalue weighted by atomic mass is 16.5. The zero-order valence-electron chi connectivity index (χ0n) is 14.7. The standard InChI is InChI=1S/C21H22N2O3/c1-2-3-7-15-10-11-17-19(12-15)26-21(23-25)18(14-24)20(17)22-13-16-8-5-4-6-9-16/h4-6,8-12,14,23,25H,2-3,7,13H2,1H3. The number of benzene rings is 2. The lowest BCUT2D eigenvalue weighted by molar-refractivity contribution is 0.112. The Morgan fingerprint density at radius 2 is 1.96 bits per heavy atom. The largest absolute Gasteiger partial charge is 0.438 e. The van der Waals surface area contributed by atoms with E-state index in [9.17, 15) is 10.0 Å². The zero-order chi connectivity index (χ0) is 18.4. The van der Waals surface area contributed by atoms with E-state index in [0.717, 1.165) is 35.8 Å². The van der Waals surface area contributed by atoms with Gasteiger partial charge >= 0.3 is 0 Å². The minimum absolute atomic E-state index is 0.00644. The Balaban J connectivity index is 2.15. The minimum Gasteiger partial charge on any atom is -0.438 e. The number of aldehydes is 1. The first-order chi connectivity index (χ1) is 12.8. The molecule has 2 N–H and O–H groups in total. The summed E-state index contributed by atoms with van der Waals surface area (Å²) in [6.45, 7) is 2.58. The second-order valence-electron chi connectivity index (χ2n) is 6.16. The molecule has 0 atom stereocenters. The predicted octanol–water partition coefficient (Wildman–Crippen LogP) is 4.49. The average Bonchev–Trinajstić information content (AvgIpc) is 2.70. The van der Waals surface area contributed by atoms with Gasteiger partial charge < -0.3 is 4.42 Å². The molecule has 1 heterocycles. The molecule has 0 radical (unpaired) electrons. The molecule has 0 amide bonds. The van der Waals surface area contributed by atoms with Crippen molar-refractivity contribution in [3.8, 4) is 0 Å². The molecule has 134 valence electrons. The van der Waals surface area contributed by atoms with Crippen molar-refractivity contribution >= 4 is 23.1 Å². The van der Waals surface area contributed by atoms with Gasteiger partial charge in [0.05, 0.1) is 11.9 Å². The Morgan fingerprint density at radius 3 is 2.65 bits per heavy atom. The van der Waals surface area contributed by atoms with Gasteiger partial charge in [0.25, 0.3) is 0 Å². The van der Waals surface area contributed by atoms with E-state index in [1.165, 1.54) is 0 Å². The summed E-state index contributed by atoms with van der Waals surface area (Å²) >= 11 is 0. The lowest BCUT2D eigenvalue weighted by atomic mass is 10.1. The number of unbranched alkanes of at least 4 members (excludes halogenated alkanes) is 1. The number of nitrogens with one attached hydrogen (secondary N) is 1. The third kappa shape index (κ3) is 3.83. The first kappa shape index (κ1) is 17.9. The summed E-state index contributed by atoms with van der Waals surface area (Å²) in [7, 11) is 0. The topological polar surface area (TPSA) is 74.8 Å². The van der Waals surface area contributed by atoms with Crippen molar-refractivity contribution in [1.29, 1.82) is 0 Å². The van der Waals surface area contributed by atoms with Crippen molar-refractivity contribution in [2.45, 2.75) is 32.7 Å². The van der Waals surface area contributed by atoms with E-state index in [2.05, 4.69) is 11.9 Å². The monoisotopic (exact) mass is 350 g/mol. The summed E-state index contributed by atoms with van der Waals surface area (Å²) in [6, 6.07) is 15.7. The van der Waals surface area contributed by atoms with Crippen LogP contribution in [0, 0.1) is 0 Å². The van der Waals surface area contributed by atoms with Crippen molar-refractivity contribution in [1.82, 2.24) is 0 Å². The number of rotatable bonds is 7. The Morgan fingerprint density at radius 1 is 1.15 bits per heavy atom. The number of carbonyl (C=O) groups excluding carboxylic acids is 1. The van der Waals surface area contributed by atoms with E-state index in [1.807, 2.05) is 54.0 Å². The first-order valence-corrected chi connectivity index (χ1v) is 8.76. The molecule has 0 aliphatic heterocycles. The number of fused-ring (bicyclic) bond motifs is 1. The van der Waals surface area contributed by atoms with Crippen molar-refractivity contribution in [3.63, 3.8) is 0 Å². The summed E-state index contributed by atoms with van der Waals surface area (Å²) < 4.78 is 5.69. The van der Waals surface area contributed by atoms with Crippen LogP contribution in [0.25, 0.3) is 11.0 Å². The molecule has 0 aliphatic carbocycles. The fraction of sp³-hybridized carbons (Fsp3) is 0.238. The fourth-order valence-corrected chi connectivity index (χ4v) is 2.92. The molecule has 3 rings (SSSR count). The molecular formula is C21H22N2O3. The molecular weight excluding hydrogens is 328 g/mol. The van der Waals surface area contributed by atoms with E-state index in [-0.39, 0.29) is 11.4 Å². The quantitative estimate of drug-likeness (QED) is 0.486. The van der Waals surface area contributed by atoms with Gasteiger partial charge in [-0.05, 0) is 36.1 Å². The van der Waals surface area contributed by atoms with Gasteiger partial charge in [-0.2, -0.15) is 0 Å². The van der Waals surface area contributed by atoms with Gasteiger partial charge in [-0.3, -0.25) is 15.0 Å². The lowest BCUT2D eigenvalue weighted by Gasteiger charge is -2.08. The molecule has 1 aromatic heterocycles. The summed E-state index contributed by atoms with van der Waals surface area (Å²) in [5.74, 6) is 0.00644. The fourth-order valence-electron chi connectivity index (χ4n) is 2.92. The molecule has 3 aromatic rings. The highest BCUT2D eigenvalue weighted by Gasteiger charge is 2.12. The molecule has 0 bridgehead atoms. The van der Waals surface area contributed by atoms with Crippen LogP contribution in [0.1, 0.15) is 41.3 Å². The second-order valence-corrected chi connectivity index (χ2v) is 6.16. The number of hydrogen-bond donors (Lipinski definition) is 2. The van der Waals surface area contributed by atoms with Crippen LogP contribution >= 0.6 is 0 Å². The molecule has 26 heavy (non-hydrogen) atoms. The van der Waals surface area contributed by atoms with E-state index >= 15 is 0 Å². The maximum atomic E-state index is 11.6. The van der Waals surface area contributed by atoms with E-state index in [4.69, 9.17) is 4.42 Å². The number of aryl methyl sites for hydroxylation is 1. The zero-order valence-corrected chi connectivity index (χ0v) is 14.7. The number of carbonyl (C=O) groups is 1. The van der Waals surface area contributed by atoms with E-state index in [1.54, 1.807) is 0 Å². The van der Waals surface area contributed by atoms with Crippen LogP contribution in [0.5, 0.6) is 0 Å². The molecule has 0 aliphatic rings. The molecule has 2 aromatic carbocycles. The summed E-state index contributed by atoms with van der Waals surface area (Å²) in [4.78, 5) is 16.2. The van der Waals surface area contributed by atoms with Gasteiger partial charge in [0.2, 0.25) is 5.88 Å². The van der Waals surface area contributed by atoms with Gasteiger partial charge in [-0.25, -0.2) is 5.48 Å². The molecule has 5 heteroatoms. The van der Waals surface area contributed by atoms with Gasteiger partial charge in [0, 0.05) is 5.39 Å². The van der Waals surface area contributed by atoms with Gasteiger partial charge in [0.15, 0.2) is 6.29 Å². The lowest BCUT2D eigenvalue weighted by Crippen LogP contribution is -2.14. The first-order valence-electron chi connectivity index (χ1n) is 8.76. The van der Waals surface area contributed by atoms with Crippen LogP contribution in [-0.4, -0.2) is 11.5 Å². The van der Waals surface area contributed by atoms with Gasteiger partial charge in [-0.1, -0.05) is 49.7 Å². The number of hydrogen-bond acceptors (Lipinski definition) is 5. The molecule has 0 spiro atoms. The molecule has 0 fully saturated rings. The normalized spacial score (nSPS) is 11.7. The van der Waals surface area contributed by atoms with Gasteiger partial charge in [-0.15, -0.1) is 0 Å². The molecule has 5 nitrogen and oxygen atoms in total. The van der Waals surface area contributed by atoms with Crippen LogP contribution < -0.4 is 10.8 Å². The molecule has 0 unspecified atom stereocenters. The van der Waals surface area contributed by atoms with E-state index < -0.39 is 0 Å². The maximum absolute atomic E-state index is 11.6. The Hall–Kier alpha value is -2.92. The summed E-state index contributed by atoms with van der Waals surface area (Å²) in [5.41, 5.74) is 4.97. The smallest absolute Gasteiger partial charge is 0.229 e. The Kier molecular flexibility index (Phi) is 5.81. The Labute approximate surface area is 152 Å². The van der Waals surface area contributed by atoms with Crippen molar-refractivity contribution in [3.05, 3.63) is 70.6 Å². The maximum Gasteiger partial charge on any atom is 0.229 e.